The van der Waals surface area contributed by atoms with E-state index in [0.29, 0.717) is 37.0 Å². The van der Waals surface area contributed by atoms with Gasteiger partial charge in [-0.05, 0) is 37.3 Å². The number of aromatic nitrogens is 1. The lowest BCUT2D eigenvalue weighted by Gasteiger charge is -2.19. The highest BCUT2D eigenvalue weighted by molar-refractivity contribution is 8.01. The Morgan fingerprint density at radius 3 is 2.83 bits per heavy atom. The van der Waals surface area contributed by atoms with Crippen LogP contribution in [0.4, 0.5) is 10.5 Å². The Labute approximate surface area is 180 Å². The molecule has 1 aliphatic rings. The van der Waals surface area contributed by atoms with Gasteiger partial charge in [0.25, 0.3) is 0 Å². The molecule has 1 aromatic heterocycles. The molecule has 0 bridgehead atoms. The van der Waals surface area contributed by atoms with E-state index in [4.69, 9.17) is 14.2 Å². The smallest absolute Gasteiger partial charge is 0.325 e. The van der Waals surface area contributed by atoms with Crippen LogP contribution < -0.4 is 24.8 Å². The minimum atomic E-state index is -0.608. The van der Waals surface area contributed by atoms with Crippen LogP contribution in [0.25, 0.3) is 10.2 Å². The van der Waals surface area contributed by atoms with Gasteiger partial charge in [-0.1, -0.05) is 11.8 Å². The number of thiazole rings is 1. The molecule has 30 heavy (non-hydrogen) atoms. The summed E-state index contributed by atoms with van der Waals surface area (Å²) in [6.07, 6.45) is 0. The third-order valence-corrected chi connectivity index (χ3v) is 6.19. The molecule has 10 heteroatoms. The summed E-state index contributed by atoms with van der Waals surface area (Å²) in [5.74, 6) is 1.64. The number of thioether (sulfide) groups is 1. The van der Waals surface area contributed by atoms with E-state index in [1.54, 1.807) is 18.2 Å². The third kappa shape index (κ3) is 4.95. The first-order valence-corrected chi connectivity index (χ1v) is 11.1. The number of ether oxygens (including phenoxy) is 3. The Morgan fingerprint density at radius 1 is 1.17 bits per heavy atom. The topological polar surface area (TPSA) is 98.8 Å². The fourth-order valence-electron chi connectivity index (χ4n) is 2.78. The molecule has 0 radical (unpaired) electrons. The van der Waals surface area contributed by atoms with E-state index in [9.17, 15) is 9.59 Å². The average molecular weight is 446 g/mol. The van der Waals surface area contributed by atoms with Crippen LogP contribution in [0.5, 0.6) is 17.2 Å². The summed E-state index contributed by atoms with van der Waals surface area (Å²) in [6.45, 7) is 3.48. The Hall–Kier alpha value is -2.98. The summed E-state index contributed by atoms with van der Waals surface area (Å²) in [5.41, 5.74) is 1.36. The number of nitrogens with one attached hydrogen (secondary N) is 2. The molecule has 3 amide bonds. The number of nitrogens with zero attached hydrogens (tertiary/aromatic N) is 1. The average Bonchev–Trinajstić information content (AvgIpc) is 3.14. The number of fused-ring (bicyclic) bond motifs is 2. The number of carbonyl (C=O) groups is 2. The molecule has 8 nitrogen and oxygen atoms in total. The number of benzene rings is 2. The maximum atomic E-state index is 12.1. The number of anilines is 1. The Kier molecular flexibility index (Phi) is 6.24. The van der Waals surface area contributed by atoms with E-state index in [0.717, 1.165) is 20.3 Å². The predicted molar refractivity (Wildman–Crippen MR) is 116 cm³/mol. The summed E-state index contributed by atoms with van der Waals surface area (Å²) >= 11 is 2.76. The van der Waals surface area contributed by atoms with Crippen LogP contribution in [0.15, 0.2) is 40.7 Å². The largest absolute Gasteiger partial charge is 0.494 e. The summed E-state index contributed by atoms with van der Waals surface area (Å²) in [5, 5.41) is 4.93. The molecule has 3 aromatic rings. The molecule has 2 N–H and O–H groups in total. The molecule has 2 aromatic carbocycles. The van der Waals surface area contributed by atoms with Gasteiger partial charge in [-0.3, -0.25) is 10.1 Å². The summed E-state index contributed by atoms with van der Waals surface area (Å²) in [7, 11) is 0. The standard InChI is InChI=1S/C20H19N3O5S2/c1-2-26-13-4-5-14-17(10-13)30-20(22-14)29-11-18(24)23-19(25)21-12-3-6-15-16(9-12)28-8-7-27-15/h3-6,9-10H,2,7-8,11H2,1H3,(H2,21,23,24,25). The van der Waals surface area contributed by atoms with Crippen molar-refractivity contribution < 1.29 is 23.8 Å². The van der Waals surface area contributed by atoms with Gasteiger partial charge >= 0.3 is 6.03 Å². The van der Waals surface area contributed by atoms with Crippen molar-refractivity contribution in [1.82, 2.24) is 10.3 Å². The van der Waals surface area contributed by atoms with Gasteiger partial charge in [-0.2, -0.15) is 0 Å². The van der Waals surface area contributed by atoms with E-state index < -0.39 is 11.9 Å². The van der Waals surface area contributed by atoms with Crippen molar-refractivity contribution in [2.24, 2.45) is 0 Å². The molecule has 0 saturated heterocycles. The Bertz CT molecular complexity index is 1090. The minimum Gasteiger partial charge on any atom is -0.494 e. The second-order valence-corrected chi connectivity index (χ2v) is 8.44. The van der Waals surface area contributed by atoms with Gasteiger partial charge in [-0.15, -0.1) is 11.3 Å². The first kappa shape index (κ1) is 20.3. The molecule has 0 spiro atoms. The van der Waals surface area contributed by atoms with Crippen molar-refractivity contribution in [3.8, 4) is 17.2 Å². The van der Waals surface area contributed by atoms with Gasteiger partial charge in [-0.25, -0.2) is 9.78 Å². The van der Waals surface area contributed by atoms with Crippen LogP contribution in [0, 0.1) is 0 Å². The van der Waals surface area contributed by atoms with Crippen LogP contribution >= 0.6 is 23.1 Å². The fraction of sp³-hybridized carbons (Fsp3) is 0.250. The molecule has 4 rings (SSSR count). The van der Waals surface area contributed by atoms with Crippen molar-refractivity contribution in [3.63, 3.8) is 0 Å². The highest BCUT2D eigenvalue weighted by atomic mass is 32.2. The second kappa shape index (κ2) is 9.23. The number of hydrogen-bond acceptors (Lipinski definition) is 8. The molecule has 2 heterocycles. The van der Waals surface area contributed by atoms with Crippen molar-refractivity contribution >= 4 is 50.9 Å². The Morgan fingerprint density at radius 2 is 2.00 bits per heavy atom. The third-order valence-electron chi connectivity index (χ3n) is 4.03. The van der Waals surface area contributed by atoms with Crippen LogP contribution in [-0.4, -0.2) is 42.5 Å². The number of rotatable bonds is 6. The maximum absolute atomic E-state index is 12.1. The van der Waals surface area contributed by atoms with Crippen LogP contribution in [0.2, 0.25) is 0 Å². The van der Waals surface area contributed by atoms with E-state index in [2.05, 4.69) is 15.6 Å². The maximum Gasteiger partial charge on any atom is 0.325 e. The highest BCUT2D eigenvalue weighted by Crippen LogP contribution is 2.33. The lowest BCUT2D eigenvalue weighted by Crippen LogP contribution is -2.35. The second-order valence-electron chi connectivity index (χ2n) is 6.19. The molecule has 0 atom stereocenters. The normalized spacial score (nSPS) is 12.4. The molecule has 0 unspecified atom stereocenters. The zero-order valence-corrected chi connectivity index (χ0v) is 17.7. The van der Waals surface area contributed by atoms with Gasteiger partial charge in [0, 0.05) is 11.8 Å². The molecule has 0 aliphatic carbocycles. The fourth-order valence-corrected chi connectivity index (χ4v) is 4.67. The van der Waals surface area contributed by atoms with Crippen molar-refractivity contribution in [2.75, 3.05) is 30.9 Å². The Balaban J connectivity index is 1.29. The quantitative estimate of drug-likeness (QED) is 0.555. The summed E-state index contributed by atoms with van der Waals surface area (Å²) in [4.78, 5) is 28.7. The molecule has 156 valence electrons. The number of urea groups is 1. The molecule has 1 aliphatic heterocycles. The van der Waals surface area contributed by atoms with Gasteiger partial charge in [0.15, 0.2) is 15.8 Å². The minimum absolute atomic E-state index is 0.0761. The van der Waals surface area contributed by atoms with Gasteiger partial charge in [0.1, 0.15) is 19.0 Å². The van der Waals surface area contributed by atoms with E-state index in [-0.39, 0.29) is 5.75 Å². The molecular formula is C20H19N3O5S2. The van der Waals surface area contributed by atoms with Crippen LogP contribution in [-0.2, 0) is 4.79 Å². The van der Waals surface area contributed by atoms with E-state index in [1.807, 2.05) is 25.1 Å². The zero-order chi connectivity index (χ0) is 20.9. The lowest BCUT2D eigenvalue weighted by atomic mass is 10.2. The van der Waals surface area contributed by atoms with Crippen molar-refractivity contribution in [2.45, 2.75) is 11.3 Å². The molecule has 0 saturated carbocycles. The number of imide groups is 1. The summed E-state index contributed by atoms with van der Waals surface area (Å²) < 4.78 is 18.2. The van der Waals surface area contributed by atoms with E-state index >= 15 is 0 Å². The van der Waals surface area contributed by atoms with E-state index in [1.165, 1.54) is 23.1 Å². The summed E-state index contributed by atoms with van der Waals surface area (Å²) in [6, 6.07) is 10.1. The van der Waals surface area contributed by atoms with Gasteiger partial charge in [0.05, 0.1) is 22.6 Å². The highest BCUT2D eigenvalue weighted by Gasteiger charge is 2.14. The molecular weight excluding hydrogens is 426 g/mol. The predicted octanol–water partition coefficient (Wildman–Crippen LogP) is 3.91. The monoisotopic (exact) mass is 445 g/mol. The first-order valence-electron chi connectivity index (χ1n) is 9.27. The number of amides is 3. The first-order chi connectivity index (χ1) is 14.6. The SMILES string of the molecule is CCOc1ccc2nc(SCC(=O)NC(=O)Nc3ccc4c(c3)OCCO4)sc2c1. The van der Waals surface area contributed by atoms with Crippen LogP contribution in [0.1, 0.15) is 6.92 Å². The van der Waals surface area contributed by atoms with Crippen LogP contribution in [0.3, 0.4) is 0 Å². The van der Waals surface area contributed by atoms with Gasteiger partial charge in [0.2, 0.25) is 5.91 Å². The van der Waals surface area contributed by atoms with Crippen molar-refractivity contribution in [1.29, 1.82) is 0 Å². The lowest BCUT2D eigenvalue weighted by molar-refractivity contribution is -0.117. The number of hydrogen-bond donors (Lipinski definition) is 2. The van der Waals surface area contributed by atoms with Crippen molar-refractivity contribution in [3.05, 3.63) is 36.4 Å². The molecule has 0 fully saturated rings. The van der Waals surface area contributed by atoms with Gasteiger partial charge < -0.3 is 19.5 Å². The zero-order valence-electron chi connectivity index (χ0n) is 16.1. The number of carbonyl (C=O) groups excluding carboxylic acids is 2.